The van der Waals surface area contributed by atoms with Crippen molar-refractivity contribution in [2.75, 3.05) is 10.8 Å². The number of anilines is 1. The molecule has 0 aromatic heterocycles. The second-order valence-electron chi connectivity index (χ2n) is 7.38. The molecule has 0 radical (unpaired) electrons. The molecule has 0 atom stereocenters. The normalized spacial score (nSPS) is 13.9. The number of benzene rings is 2. The molecule has 0 saturated heterocycles. The number of sulfonamides is 1. The van der Waals surface area contributed by atoms with Gasteiger partial charge in [0.2, 0.25) is 0 Å². The van der Waals surface area contributed by atoms with Crippen LogP contribution in [0.1, 0.15) is 43.6 Å². The van der Waals surface area contributed by atoms with Crippen LogP contribution in [0.5, 0.6) is 0 Å². The summed E-state index contributed by atoms with van der Waals surface area (Å²) in [5.41, 5.74) is 2.14. The standard InChI is InChI=1S/C21H26N2O3S/c1-15(2)23(16(3)4)21(24)18-9-7-10-19(14-18)27(25,26)22-13-12-17-8-5-6-11-20(17)22/h5-11,14-16H,12-13H2,1-4H3. The van der Waals surface area contributed by atoms with Gasteiger partial charge in [-0.2, -0.15) is 0 Å². The molecule has 0 saturated carbocycles. The molecule has 144 valence electrons. The van der Waals surface area contributed by atoms with Gasteiger partial charge in [0, 0.05) is 24.2 Å². The summed E-state index contributed by atoms with van der Waals surface area (Å²) >= 11 is 0. The largest absolute Gasteiger partial charge is 0.334 e. The van der Waals surface area contributed by atoms with Gasteiger partial charge in [0.05, 0.1) is 10.6 Å². The third kappa shape index (κ3) is 3.58. The van der Waals surface area contributed by atoms with Crippen LogP contribution in [0.15, 0.2) is 53.4 Å². The second-order valence-corrected chi connectivity index (χ2v) is 9.25. The first kappa shape index (κ1) is 19.4. The lowest BCUT2D eigenvalue weighted by Gasteiger charge is -2.31. The third-order valence-corrected chi connectivity index (χ3v) is 6.67. The van der Waals surface area contributed by atoms with Gasteiger partial charge in [0.1, 0.15) is 0 Å². The average Bonchev–Trinajstić information content (AvgIpc) is 3.06. The zero-order chi connectivity index (χ0) is 19.8. The number of rotatable bonds is 5. The molecule has 3 rings (SSSR count). The first-order valence-corrected chi connectivity index (χ1v) is 10.7. The van der Waals surface area contributed by atoms with Gasteiger partial charge in [-0.3, -0.25) is 9.10 Å². The number of carbonyl (C=O) groups excluding carboxylic acids is 1. The zero-order valence-electron chi connectivity index (χ0n) is 16.2. The van der Waals surface area contributed by atoms with Gasteiger partial charge in [0.25, 0.3) is 15.9 Å². The predicted octanol–water partition coefficient (Wildman–Crippen LogP) is 3.70. The van der Waals surface area contributed by atoms with E-state index in [2.05, 4.69) is 0 Å². The van der Waals surface area contributed by atoms with Crippen LogP contribution < -0.4 is 4.31 Å². The zero-order valence-corrected chi connectivity index (χ0v) is 17.0. The molecule has 0 fully saturated rings. The van der Waals surface area contributed by atoms with Gasteiger partial charge in [0.15, 0.2) is 0 Å². The molecule has 2 aromatic carbocycles. The number of para-hydroxylation sites is 1. The maximum Gasteiger partial charge on any atom is 0.264 e. The molecular weight excluding hydrogens is 360 g/mol. The predicted molar refractivity (Wildman–Crippen MR) is 108 cm³/mol. The van der Waals surface area contributed by atoms with E-state index in [4.69, 9.17) is 0 Å². The highest BCUT2D eigenvalue weighted by atomic mass is 32.2. The SMILES string of the molecule is CC(C)N(C(=O)c1cccc(S(=O)(=O)N2CCc3ccccc32)c1)C(C)C. The van der Waals surface area contributed by atoms with Gasteiger partial charge in [-0.05, 0) is 63.9 Å². The average molecular weight is 387 g/mol. The number of nitrogens with zero attached hydrogens (tertiary/aromatic N) is 2. The number of fused-ring (bicyclic) bond motifs is 1. The molecule has 1 aliphatic heterocycles. The van der Waals surface area contributed by atoms with Crippen molar-refractivity contribution in [3.63, 3.8) is 0 Å². The van der Waals surface area contributed by atoms with E-state index in [1.54, 1.807) is 23.1 Å². The van der Waals surface area contributed by atoms with E-state index in [0.717, 1.165) is 11.3 Å². The minimum absolute atomic E-state index is 0.0308. The molecule has 1 heterocycles. The Morgan fingerprint density at radius 2 is 1.67 bits per heavy atom. The summed E-state index contributed by atoms with van der Waals surface area (Å²) < 4.78 is 27.9. The monoisotopic (exact) mass is 386 g/mol. The Labute approximate surface area is 161 Å². The molecule has 0 aliphatic carbocycles. The fraction of sp³-hybridized carbons (Fsp3) is 0.381. The highest BCUT2D eigenvalue weighted by Crippen LogP contribution is 2.32. The summed E-state index contributed by atoms with van der Waals surface area (Å²) in [4.78, 5) is 14.9. The van der Waals surface area contributed by atoms with Gasteiger partial charge < -0.3 is 4.90 Å². The molecule has 1 amide bonds. The van der Waals surface area contributed by atoms with E-state index < -0.39 is 10.0 Å². The van der Waals surface area contributed by atoms with Crippen molar-refractivity contribution >= 4 is 21.6 Å². The molecule has 2 aromatic rings. The molecule has 27 heavy (non-hydrogen) atoms. The Kier molecular flexibility index (Phi) is 5.29. The van der Waals surface area contributed by atoms with Crippen molar-refractivity contribution in [3.05, 3.63) is 59.7 Å². The van der Waals surface area contributed by atoms with Crippen molar-refractivity contribution < 1.29 is 13.2 Å². The van der Waals surface area contributed by atoms with E-state index in [0.29, 0.717) is 18.5 Å². The number of amides is 1. The minimum atomic E-state index is -3.71. The van der Waals surface area contributed by atoms with E-state index >= 15 is 0 Å². The van der Waals surface area contributed by atoms with E-state index in [9.17, 15) is 13.2 Å². The van der Waals surface area contributed by atoms with E-state index in [1.165, 1.54) is 10.4 Å². The molecular formula is C21H26N2O3S. The lowest BCUT2D eigenvalue weighted by molar-refractivity contribution is 0.0643. The summed E-state index contributed by atoms with van der Waals surface area (Å²) in [5, 5.41) is 0. The van der Waals surface area contributed by atoms with Crippen molar-refractivity contribution in [1.29, 1.82) is 0 Å². The minimum Gasteiger partial charge on any atom is -0.334 e. The summed E-state index contributed by atoms with van der Waals surface area (Å²) in [6.45, 7) is 8.25. The van der Waals surface area contributed by atoms with Crippen LogP contribution in [0.3, 0.4) is 0 Å². The summed E-state index contributed by atoms with van der Waals surface area (Å²) in [7, 11) is -3.71. The maximum absolute atomic E-state index is 13.2. The van der Waals surface area contributed by atoms with Crippen LogP contribution in [-0.4, -0.2) is 37.9 Å². The Morgan fingerprint density at radius 1 is 1.00 bits per heavy atom. The van der Waals surface area contributed by atoms with Gasteiger partial charge >= 0.3 is 0 Å². The van der Waals surface area contributed by atoms with E-state index in [1.807, 2.05) is 52.0 Å². The fourth-order valence-corrected chi connectivity index (χ4v) is 5.24. The lowest BCUT2D eigenvalue weighted by Crippen LogP contribution is -2.42. The summed E-state index contributed by atoms with van der Waals surface area (Å²) in [5.74, 6) is -0.154. The molecule has 0 N–H and O–H groups in total. The number of carbonyl (C=O) groups is 1. The highest BCUT2D eigenvalue weighted by Gasteiger charge is 2.31. The van der Waals surface area contributed by atoms with Crippen molar-refractivity contribution in [1.82, 2.24) is 4.90 Å². The molecule has 1 aliphatic rings. The second kappa shape index (κ2) is 7.35. The van der Waals surface area contributed by atoms with Gasteiger partial charge in [-0.25, -0.2) is 8.42 Å². The van der Waals surface area contributed by atoms with Crippen LogP contribution >= 0.6 is 0 Å². The summed E-state index contributed by atoms with van der Waals surface area (Å²) in [6.07, 6.45) is 0.697. The Balaban J connectivity index is 1.97. The third-order valence-electron chi connectivity index (χ3n) is 4.86. The number of hydrogen-bond donors (Lipinski definition) is 0. The maximum atomic E-state index is 13.2. The fourth-order valence-electron chi connectivity index (χ4n) is 3.69. The van der Waals surface area contributed by atoms with Gasteiger partial charge in [-0.1, -0.05) is 24.3 Å². The van der Waals surface area contributed by atoms with Crippen molar-refractivity contribution in [2.45, 2.75) is 51.1 Å². The summed E-state index contributed by atoms with van der Waals surface area (Å²) in [6, 6.07) is 14.0. The van der Waals surface area contributed by atoms with Crippen LogP contribution in [0.2, 0.25) is 0 Å². The van der Waals surface area contributed by atoms with Crippen LogP contribution in [0.25, 0.3) is 0 Å². The molecule has 0 spiro atoms. The van der Waals surface area contributed by atoms with Crippen LogP contribution in [0, 0.1) is 0 Å². The first-order valence-electron chi connectivity index (χ1n) is 9.27. The topological polar surface area (TPSA) is 57.7 Å². The van der Waals surface area contributed by atoms with Crippen LogP contribution in [-0.2, 0) is 16.4 Å². The lowest BCUT2D eigenvalue weighted by atomic mass is 10.1. The van der Waals surface area contributed by atoms with Gasteiger partial charge in [-0.15, -0.1) is 0 Å². The highest BCUT2D eigenvalue weighted by molar-refractivity contribution is 7.92. The quantitative estimate of drug-likeness (QED) is 0.787. The molecule has 6 heteroatoms. The Morgan fingerprint density at radius 3 is 2.33 bits per heavy atom. The molecule has 0 unspecified atom stereocenters. The van der Waals surface area contributed by atoms with Crippen LogP contribution in [0.4, 0.5) is 5.69 Å². The molecule has 5 nitrogen and oxygen atoms in total. The first-order chi connectivity index (χ1) is 12.7. The molecule has 0 bridgehead atoms. The Hall–Kier alpha value is -2.34. The Bertz CT molecular complexity index is 943. The van der Waals surface area contributed by atoms with E-state index in [-0.39, 0.29) is 22.9 Å². The van der Waals surface area contributed by atoms with Crippen molar-refractivity contribution in [3.8, 4) is 0 Å². The smallest absolute Gasteiger partial charge is 0.264 e. The number of hydrogen-bond acceptors (Lipinski definition) is 3. The van der Waals surface area contributed by atoms with Crippen molar-refractivity contribution in [2.24, 2.45) is 0 Å².